The Bertz CT molecular complexity index is 1390. The van der Waals surface area contributed by atoms with E-state index in [4.69, 9.17) is 14.5 Å². The van der Waals surface area contributed by atoms with Crippen LogP contribution in [-0.4, -0.2) is 19.7 Å². The predicted molar refractivity (Wildman–Crippen MR) is 120 cm³/mol. The van der Waals surface area contributed by atoms with Gasteiger partial charge in [-0.2, -0.15) is 0 Å². The van der Waals surface area contributed by atoms with Gasteiger partial charge in [-0.15, -0.1) is 0 Å². The van der Waals surface area contributed by atoms with Crippen LogP contribution >= 0.6 is 0 Å². The molecule has 0 saturated carbocycles. The van der Waals surface area contributed by atoms with Crippen molar-refractivity contribution < 1.29 is 4.52 Å². The molecule has 0 saturated heterocycles. The molecule has 0 N–H and O–H groups in total. The van der Waals surface area contributed by atoms with E-state index in [0.29, 0.717) is 0 Å². The van der Waals surface area contributed by atoms with E-state index >= 15 is 0 Å². The summed E-state index contributed by atoms with van der Waals surface area (Å²) in [6, 6.07) is 14.8. The summed E-state index contributed by atoms with van der Waals surface area (Å²) in [6.45, 7) is 10.4. The first-order valence-corrected chi connectivity index (χ1v) is 10.3. The molecule has 0 aliphatic heterocycles. The molecule has 0 fully saturated rings. The van der Waals surface area contributed by atoms with Gasteiger partial charge >= 0.3 is 0 Å². The van der Waals surface area contributed by atoms with Crippen molar-refractivity contribution in [2.45, 2.75) is 40.5 Å². The molecule has 0 aliphatic carbocycles. The van der Waals surface area contributed by atoms with Crippen LogP contribution in [0, 0.1) is 20.8 Å². The van der Waals surface area contributed by atoms with Crippen molar-refractivity contribution >= 4 is 21.9 Å². The highest BCUT2D eigenvalue weighted by molar-refractivity contribution is 6.04. The molecule has 0 unspecified atom stereocenters. The van der Waals surface area contributed by atoms with Crippen LogP contribution in [0.25, 0.3) is 38.8 Å². The van der Waals surface area contributed by atoms with E-state index < -0.39 is 0 Å². The van der Waals surface area contributed by atoms with Crippen LogP contribution in [0.3, 0.4) is 0 Å². The number of rotatable bonds is 3. The summed E-state index contributed by atoms with van der Waals surface area (Å²) in [5.74, 6) is 2.15. The Morgan fingerprint density at radius 1 is 0.967 bits per heavy atom. The van der Waals surface area contributed by atoms with Crippen molar-refractivity contribution in [1.82, 2.24) is 19.7 Å². The average Bonchev–Trinajstić information content (AvgIpc) is 3.28. The Kier molecular flexibility index (Phi) is 4.21. The predicted octanol–water partition coefficient (Wildman–Crippen LogP) is 6.28. The van der Waals surface area contributed by atoms with Crippen molar-refractivity contribution in [2.75, 3.05) is 0 Å². The maximum Gasteiger partial charge on any atom is 0.141 e. The van der Waals surface area contributed by atoms with E-state index in [1.54, 1.807) is 0 Å². The van der Waals surface area contributed by atoms with Crippen molar-refractivity contribution in [3.63, 3.8) is 0 Å². The summed E-state index contributed by atoms with van der Waals surface area (Å²) in [5, 5.41) is 5.19. The molecule has 0 aliphatic rings. The first-order chi connectivity index (χ1) is 14.5. The second-order valence-electron chi connectivity index (χ2n) is 8.17. The molecular formula is C25H24N4O. The second-order valence-corrected chi connectivity index (χ2v) is 8.17. The molecule has 3 heterocycles. The lowest BCUT2D eigenvalue weighted by Gasteiger charge is -2.15. The molecule has 3 aromatic heterocycles. The average molecular weight is 396 g/mol. The standard InChI is InChI=1S/C25H24N4O/c1-14(2)25-27-21-13-26-20-12-18(23-16(4)28-30-17(23)5)10-11-19(20)24(21)29(25)22-9-7-6-8-15(22)3/h6-14H,1-5H3. The number of aromatic nitrogens is 4. The van der Waals surface area contributed by atoms with Crippen LogP contribution in [0.2, 0.25) is 0 Å². The molecule has 0 bridgehead atoms. The Balaban J connectivity index is 1.84. The number of nitrogens with zero attached hydrogens (tertiary/aromatic N) is 4. The fourth-order valence-electron chi connectivity index (χ4n) is 4.27. The highest BCUT2D eigenvalue weighted by Gasteiger charge is 2.20. The number of para-hydroxylation sites is 1. The van der Waals surface area contributed by atoms with Crippen LogP contribution < -0.4 is 0 Å². The zero-order chi connectivity index (χ0) is 21.0. The third-order valence-corrected chi connectivity index (χ3v) is 5.70. The quantitative estimate of drug-likeness (QED) is 0.360. The van der Waals surface area contributed by atoms with E-state index in [0.717, 1.165) is 56.0 Å². The number of pyridine rings is 1. The van der Waals surface area contributed by atoms with Gasteiger partial charge in [-0.25, -0.2) is 4.98 Å². The topological polar surface area (TPSA) is 56.7 Å². The minimum Gasteiger partial charge on any atom is -0.361 e. The van der Waals surface area contributed by atoms with Gasteiger partial charge in [0.25, 0.3) is 0 Å². The maximum absolute atomic E-state index is 5.37. The monoisotopic (exact) mass is 396 g/mol. The Morgan fingerprint density at radius 2 is 1.77 bits per heavy atom. The van der Waals surface area contributed by atoms with E-state index in [2.05, 4.69) is 73.0 Å². The normalized spacial score (nSPS) is 11.8. The van der Waals surface area contributed by atoms with Gasteiger partial charge in [0, 0.05) is 16.9 Å². The first-order valence-electron chi connectivity index (χ1n) is 10.3. The SMILES string of the molecule is Cc1ccccc1-n1c(C(C)C)nc2cnc3cc(-c4c(C)noc4C)ccc3c21. The molecular weight excluding hydrogens is 372 g/mol. The minimum atomic E-state index is 0.286. The van der Waals surface area contributed by atoms with Crippen molar-refractivity contribution in [2.24, 2.45) is 0 Å². The fourth-order valence-corrected chi connectivity index (χ4v) is 4.27. The van der Waals surface area contributed by atoms with E-state index in [1.165, 1.54) is 5.56 Å². The molecule has 0 spiro atoms. The lowest BCUT2D eigenvalue weighted by atomic mass is 10.0. The van der Waals surface area contributed by atoms with E-state index in [1.807, 2.05) is 20.0 Å². The summed E-state index contributed by atoms with van der Waals surface area (Å²) < 4.78 is 7.67. The first kappa shape index (κ1) is 18.6. The van der Waals surface area contributed by atoms with Gasteiger partial charge < -0.3 is 4.52 Å². The maximum atomic E-state index is 5.37. The Labute approximate surface area is 175 Å². The van der Waals surface area contributed by atoms with Crippen molar-refractivity contribution in [3.8, 4) is 16.8 Å². The summed E-state index contributed by atoms with van der Waals surface area (Å²) in [6.07, 6.45) is 1.88. The van der Waals surface area contributed by atoms with Crippen molar-refractivity contribution in [1.29, 1.82) is 0 Å². The van der Waals surface area contributed by atoms with Gasteiger partial charge in [-0.1, -0.05) is 43.3 Å². The number of fused-ring (bicyclic) bond motifs is 3. The van der Waals surface area contributed by atoms with Crippen LogP contribution in [-0.2, 0) is 0 Å². The van der Waals surface area contributed by atoms with Gasteiger partial charge in [0.05, 0.1) is 28.6 Å². The Hall–Kier alpha value is -3.47. The molecule has 150 valence electrons. The van der Waals surface area contributed by atoms with Crippen molar-refractivity contribution in [3.05, 3.63) is 71.5 Å². The van der Waals surface area contributed by atoms with Gasteiger partial charge in [-0.3, -0.25) is 9.55 Å². The highest BCUT2D eigenvalue weighted by atomic mass is 16.5. The largest absolute Gasteiger partial charge is 0.361 e. The molecule has 0 amide bonds. The number of aryl methyl sites for hydroxylation is 3. The lowest BCUT2D eigenvalue weighted by molar-refractivity contribution is 0.393. The summed E-state index contributed by atoms with van der Waals surface area (Å²) in [4.78, 5) is 9.70. The van der Waals surface area contributed by atoms with Crippen LogP contribution in [0.15, 0.2) is 53.2 Å². The van der Waals surface area contributed by atoms with Gasteiger partial charge in [0.1, 0.15) is 17.1 Å². The zero-order valence-corrected chi connectivity index (χ0v) is 17.9. The summed E-state index contributed by atoms with van der Waals surface area (Å²) in [5.41, 5.74) is 8.32. The van der Waals surface area contributed by atoms with Crippen LogP contribution in [0.5, 0.6) is 0 Å². The lowest BCUT2D eigenvalue weighted by Crippen LogP contribution is -2.05. The smallest absolute Gasteiger partial charge is 0.141 e. The molecule has 2 aromatic carbocycles. The van der Waals surface area contributed by atoms with E-state index in [9.17, 15) is 0 Å². The third-order valence-electron chi connectivity index (χ3n) is 5.70. The molecule has 0 atom stereocenters. The molecule has 5 aromatic rings. The molecule has 0 radical (unpaired) electrons. The number of hydrogen-bond donors (Lipinski definition) is 0. The molecule has 5 nitrogen and oxygen atoms in total. The summed E-state index contributed by atoms with van der Waals surface area (Å²) in [7, 11) is 0. The van der Waals surface area contributed by atoms with Gasteiger partial charge in [0.15, 0.2) is 0 Å². The van der Waals surface area contributed by atoms with Gasteiger partial charge in [-0.05, 0) is 50.1 Å². The molecule has 5 rings (SSSR count). The Morgan fingerprint density at radius 3 is 2.47 bits per heavy atom. The number of imidazole rings is 1. The van der Waals surface area contributed by atoms with Gasteiger partial charge in [0.2, 0.25) is 0 Å². The molecule has 30 heavy (non-hydrogen) atoms. The highest BCUT2D eigenvalue weighted by Crippen LogP contribution is 2.34. The minimum absolute atomic E-state index is 0.286. The molecule has 5 heteroatoms. The van der Waals surface area contributed by atoms with E-state index in [-0.39, 0.29) is 5.92 Å². The zero-order valence-electron chi connectivity index (χ0n) is 17.9. The third kappa shape index (κ3) is 2.73. The van der Waals surface area contributed by atoms with Crippen LogP contribution in [0.4, 0.5) is 0 Å². The fraction of sp³-hybridized carbons (Fsp3) is 0.240. The summed E-state index contributed by atoms with van der Waals surface area (Å²) >= 11 is 0. The second kappa shape index (κ2) is 6.80. The number of hydrogen-bond acceptors (Lipinski definition) is 4. The number of benzene rings is 2. The van der Waals surface area contributed by atoms with Crippen LogP contribution in [0.1, 0.15) is 42.6 Å².